The van der Waals surface area contributed by atoms with E-state index in [0.29, 0.717) is 30.5 Å². The fourth-order valence-corrected chi connectivity index (χ4v) is 2.41. The number of nitrogens with one attached hydrogen (secondary N) is 2. The van der Waals surface area contributed by atoms with Gasteiger partial charge < -0.3 is 4.74 Å². The zero-order valence-corrected chi connectivity index (χ0v) is 14.8. The van der Waals surface area contributed by atoms with Gasteiger partial charge in [-0.15, -0.1) is 0 Å². The van der Waals surface area contributed by atoms with Crippen molar-refractivity contribution >= 4 is 17.4 Å². The van der Waals surface area contributed by atoms with Crippen molar-refractivity contribution in [2.24, 2.45) is 0 Å². The highest BCUT2D eigenvalue weighted by atomic mass is 19.1. The number of halogens is 1. The summed E-state index contributed by atoms with van der Waals surface area (Å²) in [6.45, 7) is 0. The van der Waals surface area contributed by atoms with E-state index < -0.39 is 0 Å². The molecule has 2 rings (SSSR count). The predicted molar refractivity (Wildman–Crippen MR) is 98.6 cm³/mol. The molecule has 138 valence electrons. The van der Waals surface area contributed by atoms with Crippen LogP contribution in [0.1, 0.15) is 42.5 Å². The van der Waals surface area contributed by atoms with Crippen LogP contribution in [0, 0.1) is 5.82 Å². The lowest BCUT2D eigenvalue weighted by Gasteiger charge is -2.08. The van der Waals surface area contributed by atoms with Crippen molar-refractivity contribution in [2.45, 2.75) is 32.1 Å². The molecule has 0 aliphatic heterocycles. The van der Waals surface area contributed by atoms with Gasteiger partial charge in [0.1, 0.15) is 11.6 Å². The Labute approximate surface area is 152 Å². The summed E-state index contributed by atoms with van der Waals surface area (Å²) in [4.78, 5) is 23.8. The number of hydrogen-bond donors (Lipinski definition) is 2. The number of ketones is 1. The lowest BCUT2D eigenvalue weighted by Crippen LogP contribution is -2.28. The van der Waals surface area contributed by atoms with Crippen molar-refractivity contribution in [3.63, 3.8) is 0 Å². The molecule has 0 saturated heterocycles. The third kappa shape index (κ3) is 6.55. The van der Waals surface area contributed by atoms with Crippen molar-refractivity contribution < 1.29 is 18.7 Å². The number of rotatable bonds is 10. The van der Waals surface area contributed by atoms with Gasteiger partial charge >= 0.3 is 0 Å². The minimum atomic E-state index is -0.328. The molecule has 5 nitrogen and oxygen atoms in total. The minimum Gasteiger partial charge on any atom is -0.497 e. The Morgan fingerprint density at radius 1 is 0.923 bits per heavy atom. The molecule has 2 aromatic rings. The summed E-state index contributed by atoms with van der Waals surface area (Å²) in [5.74, 6) is 0.346. The maximum absolute atomic E-state index is 12.8. The molecule has 0 saturated carbocycles. The first-order valence-electron chi connectivity index (χ1n) is 8.56. The average molecular weight is 358 g/mol. The SMILES string of the molecule is COc1ccc(C(=O)CCCCCC(=O)NNc2ccc(F)cc2)cc1. The maximum atomic E-state index is 12.8. The molecule has 1 amide bonds. The van der Waals surface area contributed by atoms with Gasteiger partial charge in [-0.2, -0.15) is 0 Å². The fraction of sp³-hybridized carbons (Fsp3) is 0.300. The lowest BCUT2D eigenvalue weighted by atomic mass is 10.0. The molecule has 6 heteroatoms. The van der Waals surface area contributed by atoms with Crippen LogP contribution < -0.4 is 15.6 Å². The first kappa shape index (κ1) is 19.4. The van der Waals surface area contributed by atoms with E-state index in [2.05, 4.69) is 10.9 Å². The Hall–Kier alpha value is -2.89. The number of benzene rings is 2. The Balaban J connectivity index is 1.58. The number of Topliss-reactive ketones (excluding diaryl/α,β-unsaturated/α-hetero) is 1. The summed E-state index contributed by atoms with van der Waals surface area (Å²) in [5.41, 5.74) is 6.58. The number of unbranched alkanes of at least 4 members (excludes halogenated alkanes) is 2. The van der Waals surface area contributed by atoms with Crippen LogP contribution >= 0.6 is 0 Å². The van der Waals surface area contributed by atoms with E-state index in [0.717, 1.165) is 18.6 Å². The van der Waals surface area contributed by atoms with E-state index in [9.17, 15) is 14.0 Å². The van der Waals surface area contributed by atoms with Gasteiger partial charge in [0.2, 0.25) is 5.91 Å². The monoisotopic (exact) mass is 358 g/mol. The summed E-state index contributed by atoms with van der Waals surface area (Å²) in [7, 11) is 1.59. The third-order valence-electron chi connectivity index (χ3n) is 3.91. The fourth-order valence-electron chi connectivity index (χ4n) is 2.41. The Morgan fingerprint density at radius 2 is 1.58 bits per heavy atom. The molecule has 0 heterocycles. The number of hydrogen-bond acceptors (Lipinski definition) is 4. The minimum absolute atomic E-state index is 0.0927. The van der Waals surface area contributed by atoms with E-state index in [1.807, 2.05) is 0 Å². The van der Waals surface area contributed by atoms with Gasteiger partial charge in [-0.1, -0.05) is 6.42 Å². The highest BCUT2D eigenvalue weighted by Crippen LogP contribution is 2.14. The molecule has 0 spiro atoms. The largest absolute Gasteiger partial charge is 0.497 e. The zero-order valence-electron chi connectivity index (χ0n) is 14.8. The summed E-state index contributed by atoms with van der Waals surface area (Å²) < 4.78 is 17.8. The molecule has 0 radical (unpaired) electrons. The number of carbonyl (C=O) groups is 2. The molecule has 0 aliphatic carbocycles. The van der Waals surface area contributed by atoms with Crippen molar-refractivity contribution in [2.75, 3.05) is 12.5 Å². The molecule has 0 unspecified atom stereocenters. The second-order valence-electron chi connectivity index (χ2n) is 5.89. The molecule has 0 bridgehead atoms. The topological polar surface area (TPSA) is 67.4 Å². The van der Waals surface area contributed by atoms with Crippen molar-refractivity contribution in [1.82, 2.24) is 5.43 Å². The Kier molecular flexibility index (Phi) is 7.61. The second kappa shape index (κ2) is 10.2. The molecule has 2 N–H and O–H groups in total. The summed E-state index contributed by atoms with van der Waals surface area (Å²) in [6.07, 6.45) is 3.06. The van der Waals surface area contributed by atoms with E-state index in [-0.39, 0.29) is 17.5 Å². The van der Waals surface area contributed by atoms with Crippen molar-refractivity contribution in [1.29, 1.82) is 0 Å². The normalized spacial score (nSPS) is 10.2. The quantitative estimate of drug-likeness (QED) is 0.381. The van der Waals surface area contributed by atoms with E-state index in [1.165, 1.54) is 12.1 Å². The van der Waals surface area contributed by atoms with E-state index >= 15 is 0 Å². The van der Waals surface area contributed by atoms with Crippen LogP contribution in [-0.4, -0.2) is 18.8 Å². The van der Waals surface area contributed by atoms with Gasteiger partial charge in [0, 0.05) is 18.4 Å². The number of carbonyl (C=O) groups excluding carboxylic acids is 2. The lowest BCUT2D eigenvalue weighted by molar-refractivity contribution is -0.120. The number of hydrazine groups is 1. The molecule has 0 atom stereocenters. The predicted octanol–water partition coefficient (Wildman–Crippen LogP) is 4.11. The molecule has 0 aromatic heterocycles. The van der Waals surface area contributed by atoms with E-state index in [4.69, 9.17) is 4.74 Å². The molecular weight excluding hydrogens is 335 g/mol. The van der Waals surface area contributed by atoms with Crippen LogP contribution in [0.25, 0.3) is 0 Å². The van der Waals surface area contributed by atoms with Crippen LogP contribution in [0.15, 0.2) is 48.5 Å². The van der Waals surface area contributed by atoms with Gasteiger partial charge in [0.25, 0.3) is 0 Å². The van der Waals surface area contributed by atoms with Gasteiger partial charge in [-0.05, 0) is 61.4 Å². The number of anilines is 1. The second-order valence-corrected chi connectivity index (χ2v) is 5.89. The van der Waals surface area contributed by atoms with Gasteiger partial charge in [-0.25, -0.2) is 4.39 Å². The van der Waals surface area contributed by atoms with Gasteiger partial charge in [0.15, 0.2) is 5.78 Å². The number of amides is 1. The number of methoxy groups -OCH3 is 1. The van der Waals surface area contributed by atoms with E-state index in [1.54, 1.807) is 43.5 Å². The summed E-state index contributed by atoms with van der Waals surface area (Å²) >= 11 is 0. The van der Waals surface area contributed by atoms with Crippen LogP contribution in [0.4, 0.5) is 10.1 Å². The molecule has 2 aromatic carbocycles. The Bertz CT molecular complexity index is 715. The molecule has 0 aliphatic rings. The third-order valence-corrected chi connectivity index (χ3v) is 3.91. The summed E-state index contributed by atoms with van der Waals surface area (Å²) in [6, 6.07) is 12.8. The van der Waals surface area contributed by atoms with Crippen LogP contribution in [0.3, 0.4) is 0 Å². The molecule has 26 heavy (non-hydrogen) atoms. The smallest absolute Gasteiger partial charge is 0.238 e. The van der Waals surface area contributed by atoms with Crippen LogP contribution in [0.2, 0.25) is 0 Å². The first-order chi connectivity index (χ1) is 12.6. The average Bonchev–Trinajstić information content (AvgIpc) is 2.67. The number of ether oxygens (including phenoxy) is 1. The first-order valence-corrected chi connectivity index (χ1v) is 8.56. The standard InChI is InChI=1S/C20H23FN2O3/c1-26-18-13-7-15(8-14-18)19(24)5-3-2-4-6-20(25)23-22-17-11-9-16(21)10-12-17/h7-14,22H,2-6H2,1H3,(H,23,25). The Morgan fingerprint density at radius 3 is 2.23 bits per heavy atom. The molecule has 0 fully saturated rings. The van der Waals surface area contributed by atoms with Crippen LogP contribution in [0.5, 0.6) is 5.75 Å². The van der Waals surface area contributed by atoms with Crippen LogP contribution in [-0.2, 0) is 4.79 Å². The van der Waals surface area contributed by atoms with Gasteiger partial charge in [0.05, 0.1) is 12.8 Å². The summed E-state index contributed by atoms with van der Waals surface area (Å²) in [5, 5.41) is 0. The molecular formula is C20H23FN2O3. The maximum Gasteiger partial charge on any atom is 0.238 e. The van der Waals surface area contributed by atoms with Gasteiger partial charge in [-0.3, -0.25) is 20.4 Å². The highest BCUT2D eigenvalue weighted by molar-refractivity contribution is 5.96. The van der Waals surface area contributed by atoms with Crippen molar-refractivity contribution in [3.8, 4) is 5.75 Å². The highest BCUT2D eigenvalue weighted by Gasteiger charge is 2.06. The zero-order chi connectivity index (χ0) is 18.8. The van der Waals surface area contributed by atoms with Crippen molar-refractivity contribution in [3.05, 3.63) is 59.9 Å².